The van der Waals surface area contributed by atoms with E-state index in [9.17, 15) is 18.0 Å². The van der Waals surface area contributed by atoms with Crippen LogP contribution in [0.5, 0.6) is 0 Å². The summed E-state index contributed by atoms with van der Waals surface area (Å²) in [5.74, 6) is -0.0935. The SMILES string of the molecule is CCS(=O)(=O)c1cc(-c2cc(C)c(=O)n(C)c2)cc2c1[nH]c(=O)n2Cc1ccccc1. The fourth-order valence-electron chi connectivity index (χ4n) is 3.75. The molecule has 0 aliphatic rings. The van der Waals surface area contributed by atoms with Crippen LogP contribution < -0.4 is 11.2 Å². The summed E-state index contributed by atoms with van der Waals surface area (Å²) in [6.45, 7) is 3.60. The Kier molecular flexibility index (Phi) is 5.18. The highest BCUT2D eigenvalue weighted by molar-refractivity contribution is 7.91. The van der Waals surface area contributed by atoms with Gasteiger partial charge in [0.1, 0.15) is 0 Å². The standard InChI is InChI=1S/C23H23N3O4S/c1-4-31(29,30)20-12-17(18-10-15(2)22(27)25(3)14-18)11-19-21(20)24-23(28)26(19)13-16-8-6-5-7-9-16/h5-12,14H,4,13H2,1-3H3,(H,24,28). The van der Waals surface area contributed by atoms with Crippen LogP contribution in [0.3, 0.4) is 0 Å². The normalized spacial score (nSPS) is 11.8. The number of fused-ring (bicyclic) bond motifs is 1. The Morgan fingerprint density at radius 2 is 1.71 bits per heavy atom. The molecular formula is C23H23N3O4S. The Balaban J connectivity index is 2.04. The number of imidazole rings is 1. The molecule has 2 aromatic carbocycles. The number of rotatable bonds is 5. The Morgan fingerprint density at radius 1 is 1.00 bits per heavy atom. The van der Waals surface area contributed by atoms with Crippen molar-refractivity contribution in [3.8, 4) is 11.1 Å². The number of pyridine rings is 1. The molecule has 0 fully saturated rings. The van der Waals surface area contributed by atoms with E-state index in [4.69, 9.17) is 0 Å². The van der Waals surface area contributed by atoms with E-state index in [-0.39, 0.29) is 21.9 Å². The van der Waals surface area contributed by atoms with Crippen LogP contribution in [-0.2, 0) is 23.4 Å². The fourth-order valence-corrected chi connectivity index (χ4v) is 4.83. The van der Waals surface area contributed by atoms with Gasteiger partial charge >= 0.3 is 5.69 Å². The summed E-state index contributed by atoms with van der Waals surface area (Å²) in [4.78, 5) is 27.7. The number of aryl methyl sites for hydroxylation is 2. The third kappa shape index (κ3) is 3.74. The van der Waals surface area contributed by atoms with Crippen LogP contribution in [0.15, 0.2) is 69.2 Å². The van der Waals surface area contributed by atoms with Gasteiger partial charge in [-0.3, -0.25) is 9.36 Å². The summed E-state index contributed by atoms with van der Waals surface area (Å²) in [6.07, 6.45) is 1.67. The third-order valence-electron chi connectivity index (χ3n) is 5.44. The molecule has 0 radical (unpaired) electrons. The number of benzene rings is 2. The average Bonchev–Trinajstić information content (AvgIpc) is 3.06. The summed E-state index contributed by atoms with van der Waals surface area (Å²) < 4.78 is 28.8. The van der Waals surface area contributed by atoms with Crippen molar-refractivity contribution in [2.45, 2.75) is 25.3 Å². The fraction of sp³-hybridized carbons (Fsp3) is 0.217. The van der Waals surface area contributed by atoms with E-state index in [1.165, 1.54) is 9.13 Å². The largest absolute Gasteiger partial charge is 0.326 e. The topological polar surface area (TPSA) is 93.9 Å². The van der Waals surface area contributed by atoms with E-state index in [0.29, 0.717) is 34.3 Å². The second kappa shape index (κ2) is 7.70. The number of nitrogens with one attached hydrogen (secondary N) is 1. The molecule has 0 saturated carbocycles. The smallest absolute Gasteiger partial charge is 0.318 e. The Hall–Kier alpha value is -3.39. The van der Waals surface area contributed by atoms with Crippen molar-refractivity contribution in [2.75, 3.05) is 5.75 Å². The van der Waals surface area contributed by atoms with E-state index >= 15 is 0 Å². The molecule has 0 unspecified atom stereocenters. The van der Waals surface area contributed by atoms with E-state index in [1.807, 2.05) is 30.3 Å². The zero-order valence-electron chi connectivity index (χ0n) is 17.5. The third-order valence-corrected chi connectivity index (χ3v) is 7.20. The van der Waals surface area contributed by atoms with E-state index in [2.05, 4.69) is 4.98 Å². The lowest BCUT2D eigenvalue weighted by atomic mass is 10.1. The van der Waals surface area contributed by atoms with Crippen LogP contribution >= 0.6 is 0 Å². The maximum Gasteiger partial charge on any atom is 0.326 e. The molecule has 0 spiro atoms. The van der Waals surface area contributed by atoms with E-state index in [0.717, 1.165) is 5.56 Å². The highest BCUT2D eigenvalue weighted by atomic mass is 32.2. The monoisotopic (exact) mass is 437 g/mol. The van der Waals surface area contributed by atoms with Gasteiger partial charge in [0.2, 0.25) is 0 Å². The molecule has 0 aliphatic heterocycles. The lowest BCUT2D eigenvalue weighted by molar-refractivity contribution is 0.598. The van der Waals surface area contributed by atoms with Gasteiger partial charge in [-0.15, -0.1) is 0 Å². The molecule has 7 nitrogen and oxygen atoms in total. The average molecular weight is 438 g/mol. The molecule has 2 heterocycles. The number of hydrogen-bond acceptors (Lipinski definition) is 4. The molecule has 0 aliphatic carbocycles. The number of nitrogens with zero attached hydrogens (tertiary/aromatic N) is 2. The highest BCUT2D eigenvalue weighted by Crippen LogP contribution is 2.30. The Labute approximate surface area is 179 Å². The summed E-state index contributed by atoms with van der Waals surface area (Å²) in [5, 5.41) is 0. The molecule has 0 atom stereocenters. The lowest BCUT2D eigenvalue weighted by Crippen LogP contribution is -2.18. The molecule has 160 valence electrons. The van der Waals surface area contributed by atoms with Crippen LogP contribution in [0.4, 0.5) is 0 Å². The maximum absolute atomic E-state index is 12.9. The molecule has 2 aromatic heterocycles. The maximum atomic E-state index is 12.9. The van der Waals surface area contributed by atoms with Crippen LogP contribution in [-0.4, -0.2) is 28.3 Å². The van der Waals surface area contributed by atoms with Crippen LogP contribution in [0.1, 0.15) is 18.1 Å². The number of aromatic amines is 1. The van der Waals surface area contributed by atoms with Crippen LogP contribution in [0, 0.1) is 6.92 Å². The highest BCUT2D eigenvalue weighted by Gasteiger charge is 2.22. The summed E-state index contributed by atoms with van der Waals surface area (Å²) in [6, 6.07) is 14.6. The Morgan fingerprint density at radius 3 is 2.35 bits per heavy atom. The summed E-state index contributed by atoms with van der Waals surface area (Å²) >= 11 is 0. The van der Waals surface area contributed by atoms with Gasteiger partial charge in [0, 0.05) is 18.8 Å². The van der Waals surface area contributed by atoms with Crippen molar-refractivity contribution in [1.82, 2.24) is 14.1 Å². The number of H-pyrrole nitrogens is 1. The number of aromatic nitrogens is 3. The van der Waals surface area contributed by atoms with Crippen LogP contribution in [0.25, 0.3) is 22.2 Å². The molecule has 0 saturated heterocycles. The minimum atomic E-state index is -3.61. The zero-order chi connectivity index (χ0) is 22.3. The minimum absolute atomic E-state index is 0.0814. The van der Waals surface area contributed by atoms with Crippen molar-refractivity contribution < 1.29 is 8.42 Å². The molecule has 0 amide bonds. The van der Waals surface area contributed by atoms with Crippen molar-refractivity contribution in [1.29, 1.82) is 0 Å². The Bertz CT molecular complexity index is 1480. The van der Waals surface area contributed by atoms with Gasteiger partial charge in [-0.2, -0.15) is 0 Å². The molecular weight excluding hydrogens is 414 g/mol. The first-order valence-corrected chi connectivity index (χ1v) is 11.6. The first-order valence-electron chi connectivity index (χ1n) is 9.92. The summed E-state index contributed by atoms with van der Waals surface area (Å²) in [7, 11) is -1.96. The van der Waals surface area contributed by atoms with Gasteiger partial charge < -0.3 is 9.55 Å². The molecule has 4 rings (SSSR count). The number of hydrogen-bond donors (Lipinski definition) is 1. The zero-order valence-corrected chi connectivity index (χ0v) is 18.4. The minimum Gasteiger partial charge on any atom is -0.318 e. The quantitative estimate of drug-likeness (QED) is 0.520. The van der Waals surface area contributed by atoms with Crippen LogP contribution in [0.2, 0.25) is 0 Å². The molecule has 1 N–H and O–H groups in total. The van der Waals surface area contributed by atoms with E-state index in [1.54, 1.807) is 45.3 Å². The van der Waals surface area contributed by atoms with Crippen molar-refractivity contribution >= 4 is 20.9 Å². The van der Waals surface area contributed by atoms with Gasteiger partial charge in [-0.05, 0) is 41.8 Å². The molecule has 4 aromatic rings. The van der Waals surface area contributed by atoms with Crippen molar-refractivity contribution in [3.63, 3.8) is 0 Å². The predicted molar refractivity (Wildman–Crippen MR) is 121 cm³/mol. The second-order valence-electron chi connectivity index (χ2n) is 7.60. The van der Waals surface area contributed by atoms with Gasteiger partial charge in [0.05, 0.1) is 28.2 Å². The molecule has 8 heteroatoms. The van der Waals surface area contributed by atoms with Crippen molar-refractivity contribution in [2.24, 2.45) is 7.05 Å². The van der Waals surface area contributed by atoms with E-state index < -0.39 is 9.84 Å². The van der Waals surface area contributed by atoms with Gasteiger partial charge in [0.15, 0.2) is 9.84 Å². The van der Waals surface area contributed by atoms with Crippen molar-refractivity contribution in [3.05, 3.63) is 86.7 Å². The predicted octanol–water partition coefficient (Wildman–Crippen LogP) is 2.85. The molecule has 31 heavy (non-hydrogen) atoms. The second-order valence-corrected chi connectivity index (χ2v) is 9.85. The first-order chi connectivity index (χ1) is 14.7. The number of sulfone groups is 1. The van der Waals surface area contributed by atoms with Gasteiger partial charge in [-0.1, -0.05) is 37.3 Å². The molecule has 0 bridgehead atoms. The van der Waals surface area contributed by atoms with Gasteiger partial charge in [-0.25, -0.2) is 13.2 Å². The van der Waals surface area contributed by atoms with Gasteiger partial charge in [0.25, 0.3) is 5.56 Å². The lowest BCUT2D eigenvalue weighted by Gasteiger charge is -2.11. The summed E-state index contributed by atoms with van der Waals surface area (Å²) in [5.41, 5.74) is 3.12. The first kappa shape index (κ1) is 20.9.